The van der Waals surface area contributed by atoms with E-state index < -0.39 is 0 Å². The van der Waals surface area contributed by atoms with E-state index in [1.807, 2.05) is 26.0 Å². The third-order valence-electron chi connectivity index (χ3n) is 2.46. The van der Waals surface area contributed by atoms with Crippen molar-refractivity contribution in [3.05, 3.63) is 26.6 Å². The molecule has 6 heteroatoms. The number of halogens is 2. The van der Waals surface area contributed by atoms with Crippen LogP contribution in [0.5, 0.6) is 5.75 Å². The lowest BCUT2D eigenvalue weighted by atomic mass is 10.00. The Kier molecular flexibility index (Phi) is 5.19. The molecule has 4 N–H and O–H groups in total. The summed E-state index contributed by atoms with van der Waals surface area (Å²) in [6.07, 6.45) is 0.271. The van der Waals surface area contributed by atoms with Crippen LogP contribution in [-0.2, 0) is 11.3 Å². The third kappa shape index (κ3) is 4.59. The second-order valence-corrected chi connectivity index (χ2v) is 6.50. The Morgan fingerprint density at radius 1 is 1.39 bits per heavy atom. The maximum Gasteiger partial charge on any atom is 0.219 e. The van der Waals surface area contributed by atoms with Gasteiger partial charge in [-0.05, 0) is 63.4 Å². The number of nitrogens with one attached hydrogen (secondary N) is 1. The fourth-order valence-electron chi connectivity index (χ4n) is 1.56. The van der Waals surface area contributed by atoms with E-state index in [1.165, 1.54) is 0 Å². The molecule has 1 amide bonds. The second kappa shape index (κ2) is 6.04. The van der Waals surface area contributed by atoms with E-state index in [2.05, 4.69) is 37.2 Å². The maximum atomic E-state index is 10.9. The molecule has 18 heavy (non-hydrogen) atoms. The first-order chi connectivity index (χ1) is 8.21. The van der Waals surface area contributed by atoms with E-state index in [0.717, 1.165) is 5.56 Å². The number of phenols is 1. The molecule has 1 aromatic carbocycles. The van der Waals surface area contributed by atoms with E-state index in [4.69, 9.17) is 5.73 Å². The summed E-state index contributed by atoms with van der Waals surface area (Å²) in [4.78, 5) is 10.9. The topological polar surface area (TPSA) is 75.4 Å². The van der Waals surface area contributed by atoms with Gasteiger partial charge in [-0.1, -0.05) is 0 Å². The van der Waals surface area contributed by atoms with Gasteiger partial charge in [-0.15, -0.1) is 0 Å². The van der Waals surface area contributed by atoms with Gasteiger partial charge < -0.3 is 16.2 Å². The first-order valence-electron chi connectivity index (χ1n) is 5.41. The molecule has 1 rings (SSSR count). The third-order valence-corrected chi connectivity index (χ3v) is 3.67. The van der Waals surface area contributed by atoms with Crippen LogP contribution in [0.1, 0.15) is 25.8 Å². The molecule has 0 aliphatic rings. The van der Waals surface area contributed by atoms with Gasteiger partial charge in [0.2, 0.25) is 5.91 Å². The van der Waals surface area contributed by atoms with E-state index in [9.17, 15) is 9.90 Å². The highest BCUT2D eigenvalue weighted by molar-refractivity contribution is 9.11. The monoisotopic (exact) mass is 378 g/mol. The Morgan fingerprint density at radius 2 is 1.89 bits per heavy atom. The molecule has 0 atom stereocenters. The standard InChI is InChI=1S/C12H16Br2N2O2/c1-12(2,5-10(15)17)16-6-7-3-8(13)11(18)9(14)4-7/h3-4,16,18H,5-6H2,1-2H3,(H2,15,17). The van der Waals surface area contributed by atoms with Gasteiger partial charge in [-0.3, -0.25) is 4.79 Å². The highest BCUT2D eigenvalue weighted by Crippen LogP contribution is 2.33. The minimum absolute atomic E-state index is 0.176. The Hall–Kier alpha value is -0.590. The zero-order chi connectivity index (χ0) is 13.9. The molecule has 1 aromatic rings. The summed E-state index contributed by atoms with van der Waals surface area (Å²) in [7, 11) is 0. The summed E-state index contributed by atoms with van der Waals surface area (Å²) in [6.45, 7) is 4.42. The number of rotatable bonds is 5. The van der Waals surface area contributed by atoms with Crippen molar-refractivity contribution in [3.63, 3.8) is 0 Å². The Labute approximate surface area is 123 Å². The number of hydrogen-bond donors (Lipinski definition) is 3. The van der Waals surface area contributed by atoms with Gasteiger partial charge in [0.25, 0.3) is 0 Å². The first kappa shape index (κ1) is 15.5. The van der Waals surface area contributed by atoms with Crippen molar-refractivity contribution >= 4 is 37.8 Å². The molecule has 0 unspecified atom stereocenters. The van der Waals surface area contributed by atoms with Crippen LogP contribution in [-0.4, -0.2) is 16.6 Å². The summed E-state index contributed by atoms with van der Waals surface area (Å²) in [5, 5.41) is 12.9. The lowest BCUT2D eigenvalue weighted by Gasteiger charge is -2.25. The minimum Gasteiger partial charge on any atom is -0.506 e. The zero-order valence-electron chi connectivity index (χ0n) is 10.3. The highest BCUT2D eigenvalue weighted by Gasteiger charge is 2.19. The van der Waals surface area contributed by atoms with Gasteiger partial charge in [-0.25, -0.2) is 0 Å². The van der Waals surface area contributed by atoms with Crippen LogP contribution in [0.15, 0.2) is 21.1 Å². The molecule has 0 spiro atoms. The van der Waals surface area contributed by atoms with Crippen LogP contribution in [0.25, 0.3) is 0 Å². The van der Waals surface area contributed by atoms with Crippen LogP contribution in [0.4, 0.5) is 0 Å². The van der Waals surface area contributed by atoms with Crippen LogP contribution in [0, 0.1) is 0 Å². The molecule has 0 aromatic heterocycles. The number of carbonyl (C=O) groups is 1. The molecule has 0 aliphatic carbocycles. The Morgan fingerprint density at radius 3 is 2.33 bits per heavy atom. The van der Waals surface area contributed by atoms with Crippen LogP contribution < -0.4 is 11.1 Å². The van der Waals surface area contributed by atoms with Crippen molar-refractivity contribution in [2.75, 3.05) is 0 Å². The Balaban J connectivity index is 2.72. The molecule has 0 radical (unpaired) electrons. The number of amides is 1. The van der Waals surface area contributed by atoms with Gasteiger partial charge in [0.05, 0.1) is 8.95 Å². The average Bonchev–Trinajstić information content (AvgIpc) is 2.21. The van der Waals surface area contributed by atoms with Gasteiger partial charge in [0.15, 0.2) is 0 Å². The number of carbonyl (C=O) groups excluding carboxylic acids is 1. The first-order valence-corrected chi connectivity index (χ1v) is 7.00. The quantitative estimate of drug-likeness (QED) is 0.736. The van der Waals surface area contributed by atoms with Crippen LogP contribution >= 0.6 is 31.9 Å². The van der Waals surface area contributed by atoms with Gasteiger partial charge in [0.1, 0.15) is 5.75 Å². The highest BCUT2D eigenvalue weighted by atomic mass is 79.9. The minimum atomic E-state index is -0.358. The van der Waals surface area contributed by atoms with Crippen molar-refractivity contribution in [1.29, 1.82) is 0 Å². The summed E-state index contributed by atoms with van der Waals surface area (Å²) in [6, 6.07) is 3.65. The second-order valence-electron chi connectivity index (χ2n) is 4.79. The number of aromatic hydroxyl groups is 1. The number of phenolic OH excluding ortho intramolecular Hbond substituents is 1. The summed E-state index contributed by atoms with van der Waals surface area (Å²) in [5.41, 5.74) is 5.82. The van der Waals surface area contributed by atoms with Gasteiger partial charge in [0, 0.05) is 18.5 Å². The molecule has 4 nitrogen and oxygen atoms in total. The van der Waals surface area contributed by atoms with Gasteiger partial charge >= 0.3 is 0 Å². The molecule has 0 fully saturated rings. The predicted molar refractivity (Wildman–Crippen MR) is 78.2 cm³/mol. The molecule has 0 aliphatic heterocycles. The zero-order valence-corrected chi connectivity index (χ0v) is 13.4. The molecular weight excluding hydrogens is 364 g/mol. The van der Waals surface area contributed by atoms with Crippen LogP contribution in [0.3, 0.4) is 0 Å². The van der Waals surface area contributed by atoms with E-state index >= 15 is 0 Å². The fourth-order valence-corrected chi connectivity index (χ4v) is 2.84. The normalized spacial score (nSPS) is 11.6. The predicted octanol–water partition coefficient (Wildman–Crippen LogP) is 2.66. The molecular formula is C12H16Br2N2O2. The Bertz CT molecular complexity index is 438. The van der Waals surface area contributed by atoms with Gasteiger partial charge in [-0.2, -0.15) is 0 Å². The molecule has 100 valence electrons. The van der Waals surface area contributed by atoms with Crippen LogP contribution in [0.2, 0.25) is 0 Å². The lowest BCUT2D eigenvalue weighted by Crippen LogP contribution is -2.42. The van der Waals surface area contributed by atoms with E-state index in [0.29, 0.717) is 15.5 Å². The number of primary amides is 1. The summed E-state index contributed by atoms with van der Waals surface area (Å²) >= 11 is 6.55. The van der Waals surface area contributed by atoms with Crippen molar-refractivity contribution in [3.8, 4) is 5.75 Å². The number of hydrogen-bond acceptors (Lipinski definition) is 3. The van der Waals surface area contributed by atoms with Crippen molar-refractivity contribution in [2.24, 2.45) is 5.73 Å². The lowest BCUT2D eigenvalue weighted by molar-refractivity contribution is -0.119. The summed E-state index contributed by atoms with van der Waals surface area (Å²) in [5.74, 6) is -0.157. The summed E-state index contributed by atoms with van der Waals surface area (Å²) < 4.78 is 1.25. The van der Waals surface area contributed by atoms with Crippen molar-refractivity contribution < 1.29 is 9.90 Å². The smallest absolute Gasteiger partial charge is 0.219 e. The fraction of sp³-hybridized carbons (Fsp3) is 0.417. The maximum absolute atomic E-state index is 10.9. The number of benzene rings is 1. The largest absolute Gasteiger partial charge is 0.506 e. The average molecular weight is 380 g/mol. The van der Waals surface area contributed by atoms with E-state index in [-0.39, 0.29) is 23.6 Å². The van der Waals surface area contributed by atoms with Crippen molar-refractivity contribution in [1.82, 2.24) is 5.32 Å². The molecule has 0 bridgehead atoms. The SMILES string of the molecule is CC(C)(CC(N)=O)NCc1cc(Br)c(O)c(Br)c1. The molecule has 0 heterocycles. The molecule has 0 saturated carbocycles. The van der Waals surface area contributed by atoms with Crippen molar-refractivity contribution in [2.45, 2.75) is 32.4 Å². The van der Waals surface area contributed by atoms with E-state index in [1.54, 1.807) is 0 Å². The molecule has 0 saturated heterocycles. The number of nitrogens with two attached hydrogens (primary N) is 1.